The summed E-state index contributed by atoms with van der Waals surface area (Å²) in [6.07, 6.45) is 1.98. The number of aryl methyl sites for hydroxylation is 1. The third-order valence-corrected chi connectivity index (χ3v) is 3.53. The van der Waals surface area contributed by atoms with Gasteiger partial charge in [-0.15, -0.1) is 0 Å². The van der Waals surface area contributed by atoms with Crippen LogP contribution in [-0.2, 0) is 11.2 Å². The van der Waals surface area contributed by atoms with Gasteiger partial charge in [0.25, 0.3) is 5.91 Å². The second-order valence-corrected chi connectivity index (χ2v) is 5.44. The summed E-state index contributed by atoms with van der Waals surface area (Å²) in [6, 6.07) is 4.59. The van der Waals surface area contributed by atoms with Crippen LogP contribution >= 0.6 is 0 Å². The zero-order chi connectivity index (χ0) is 14.7. The van der Waals surface area contributed by atoms with Crippen LogP contribution in [0.25, 0.3) is 0 Å². The third kappa shape index (κ3) is 3.10. The van der Waals surface area contributed by atoms with E-state index in [0.717, 1.165) is 30.6 Å². The molecule has 5 heteroatoms. The van der Waals surface area contributed by atoms with Crippen LogP contribution in [0.4, 0.5) is 5.69 Å². The molecule has 0 unspecified atom stereocenters. The van der Waals surface area contributed by atoms with Crippen molar-refractivity contribution in [1.29, 1.82) is 0 Å². The Morgan fingerprint density at radius 2 is 2.10 bits per heavy atom. The molecule has 0 spiro atoms. The Labute approximate surface area is 118 Å². The lowest BCUT2D eigenvalue weighted by Crippen LogP contribution is -2.44. The van der Waals surface area contributed by atoms with Crippen LogP contribution in [0, 0.1) is 5.92 Å². The van der Waals surface area contributed by atoms with Crippen molar-refractivity contribution in [3.05, 3.63) is 29.3 Å². The van der Waals surface area contributed by atoms with Gasteiger partial charge in [-0.05, 0) is 42.5 Å². The number of aliphatic carboxylic acids is 1. The fourth-order valence-electron chi connectivity index (χ4n) is 2.35. The van der Waals surface area contributed by atoms with Gasteiger partial charge in [0.1, 0.15) is 6.04 Å². The zero-order valence-electron chi connectivity index (χ0n) is 11.8. The molecule has 1 aliphatic rings. The van der Waals surface area contributed by atoms with Crippen molar-refractivity contribution in [3.63, 3.8) is 0 Å². The summed E-state index contributed by atoms with van der Waals surface area (Å²) in [5, 5.41) is 15.0. The first-order valence-electron chi connectivity index (χ1n) is 6.89. The highest BCUT2D eigenvalue weighted by molar-refractivity contribution is 5.97. The first kappa shape index (κ1) is 14.4. The molecule has 1 aromatic rings. The zero-order valence-corrected chi connectivity index (χ0v) is 11.8. The summed E-state index contributed by atoms with van der Waals surface area (Å²) in [6.45, 7) is 4.50. The highest BCUT2D eigenvalue weighted by atomic mass is 16.4. The lowest BCUT2D eigenvalue weighted by atomic mass is 9.99. The molecular formula is C15H20N2O3. The van der Waals surface area contributed by atoms with E-state index in [1.165, 1.54) is 0 Å². The lowest BCUT2D eigenvalue weighted by Gasteiger charge is -2.20. The topological polar surface area (TPSA) is 78.4 Å². The van der Waals surface area contributed by atoms with E-state index < -0.39 is 12.0 Å². The number of hydrogen-bond acceptors (Lipinski definition) is 3. The molecule has 1 amide bonds. The third-order valence-electron chi connectivity index (χ3n) is 3.53. The molecule has 108 valence electrons. The summed E-state index contributed by atoms with van der Waals surface area (Å²) < 4.78 is 0. The van der Waals surface area contributed by atoms with Crippen molar-refractivity contribution >= 4 is 17.6 Å². The molecule has 0 bridgehead atoms. The van der Waals surface area contributed by atoms with Crippen LogP contribution in [0.1, 0.15) is 36.2 Å². The van der Waals surface area contributed by atoms with Crippen molar-refractivity contribution in [2.24, 2.45) is 5.92 Å². The second-order valence-electron chi connectivity index (χ2n) is 5.44. The van der Waals surface area contributed by atoms with Crippen LogP contribution in [-0.4, -0.2) is 29.6 Å². The van der Waals surface area contributed by atoms with Crippen molar-refractivity contribution in [1.82, 2.24) is 5.32 Å². The minimum Gasteiger partial charge on any atom is -0.480 e. The van der Waals surface area contributed by atoms with Gasteiger partial charge in [-0.2, -0.15) is 0 Å². The molecule has 20 heavy (non-hydrogen) atoms. The van der Waals surface area contributed by atoms with Crippen LogP contribution in [0.15, 0.2) is 18.2 Å². The van der Waals surface area contributed by atoms with E-state index in [4.69, 9.17) is 5.11 Å². The van der Waals surface area contributed by atoms with Crippen LogP contribution in [0.5, 0.6) is 0 Å². The van der Waals surface area contributed by atoms with Crippen molar-refractivity contribution < 1.29 is 14.7 Å². The molecule has 1 aliphatic heterocycles. The number of benzene rings is 1. The molecule has 0 radical (unpaired) electrons. The van der Waals surface area contributed by atoms with Gasteiger partial charge >= 0.3 is 5.97 Å². The van der Waals surface area contributed by atoms with E-state index in [9.17, 15) is 9.59 Å². The standard InChI is InChI=1S/C15H20N2O3/c1-9(2)13(15(19)20)17-14(18)11-5-6-12-10(8-11)4-3-7-16-12/h5-6,8-9,13,16H,3-4,7H2,1-2H3,(H,17,18)(H,19,20)/t13-/m1/s1. The normalized spacial score (nSPS) is 15.2. The summed E-state index contributed by atoms with van der Waals surface area (Å²) >= 11 is 0. The van der Waals surface area contributed by atoms with E-state index in [1.54, 1.807) is 19.9 Å². The maximum Gasteiger partial charge on any atom is 0.326 e. The Morgan fingerprint density at radius 3 is 2.75 bits per heavy atom. The van der Waals surface area contributed by atoms with E-state index in [0.29, 0.717) is 5.56 Å². The van der Waals surface area contributed by atoms with Crippen LogP contribution in [0.2, 0.25) is 0 Å². The number of carboxylic acid groups (broad SMARTS) is 1. The Bertz CT molecular complexity index is 526. The molecule has 5 nitrogen and oxygen atoms in total. The number of carboxylic acids is 1. The van der Waals surface area contributed by atoms with Gasteiger partial charge in [0.15, 0.2) is 0 Å². The minimum absolute atomic E-state index is 0.157. The first-order valence-corrected chi connectivity index (χ1v) is 6.89. The first-order chi connectivity index (χ1) is 9.49. The molecule has 1 aromatic carbocycles. The Morgan fingerprint density at radius 1 is 1.35 bits per heavy atom. The van der Waals surface area contributed by atoms with E-state index in [1.807, 2.05) is 12.1 Å². The highest BCUT2D eigenvalue weighted by Crippen LogP contribution is 2.23. The molecule has 1 atom stereocenters. The average molecular weight is 276 g/mol. The van der Waals surface area contributed by atoms with Crippen molar-refractivity contribution in [3.8, 4) is 0 Å². The van der Waals surface area contributed by atoms with Gasteiger partial charge in [-0.25, -0.2) is 4.79 Å². The Balaban J connectivity index is 2.15. The maximum atomic E-state index is 12.2. The summed E-state index contributed by atoms with van der Waals surface area (Å²) in [7, 11) is 0. The number of carbonyl (C=O) groups is 2. The number of nitrogens with one attached hydrogen (secondary N) is 2. The smallest absolute Gasteiger partial charge is 0.326 e. The van der Waals surface area contributed by atoms with Gasteiger partial charge in [0, 0.05) is 17.8 Å². The number of carbonyl (C=O) groups excluding carboxylic acids is 1. The summed E-state index contributed by atoms with van der Waals surface area (Å²) in [5.74, 6) is -1.50. The molecule has 0 fully saturated rings. The minimum atomic E-state index is -1.01. The predicted octanol–water partition coefficient (Wildman–Crippen LogP) is 1.88. The van der Waals surface area contributed by atoms with Gasteiger partial charge in [0.2, 0.25) is 0 Å². The van der Waals surface area contributed by atoms with Crippen molar-refractivity contribution in [2.75, 3.05) is 11.9 Å². The maximum absolute atomic E-state index is 12.2. The summed E-state index contributed by atoms with van der Waals surface area (Å²) in [4.78, 5) is 23.3. The van der Waals surface area contributed by atoms with E-state index in [-0.39, 0.29) is 11.8 Å². The van der Waals surface area contributed by atoms with Crippen LogP contribution < -0.4 is 10.6 Å². The summed E-state index contributed by atoms with van der Waals surface area (Å²) in [5.41, 5.74) is 2.69. The molecule has 0 saturated heterocycles. The lowest BCUT2D eigenvalue weighted by molar-refractivity contribution is -0.140. The number of fused-ring (bicyclic) bond motifs is 1. The molecule has 3 N–H and O–H groups in total. The molecule has 1 heterocycles. The predicted molar refractivity (Wildman–Crippen MR) is 77.0 cm³/mol. The average Bonchev–Trinajstić information content (AvgIpc) is 2.43. The quantitative estimate of drug-likeness (QED) is 0.784. The van der Waals surface area contributed by atoms with E-state index >= 15 is 0 Å². The fraction of sp³-hybridized carbons (Fsp3) is 0.467. The molecule has 0 aromatic heterocycles. The fourth-order valence-corrected chi connectivity index (χ4v) is 2.35. The number of hydrogen-bond donors (Lipinski definition) is 3. The van der Waals surface area contributed by atoms with E-state index in [2.05, 4.69) is 10.6 Å². The molecule has 0 aliphatic carbocycles. The number of amides is 1. The molecule has 2 rings (SSSR count). The van der Waals surface area contributed by atoms with Gasteiger partial charge in [-0.3, -0.25) is 4.79 Å². The molecule has 0 saturated carbocycles. The number of anilines is 1. The van der Waals surface area contributed by atoms with Gasteiger partial charge < -0.3 is 15.7 Å². The molecular weight excluding hydrogens is 256 g/mol. The second kappa shape index (κ2) is 5.94. The van der Waals surface area contributed by atoms with Gasteiger partial charge in [0.05, 0.1) is 0 Å². The van der Waals surface area contributed by atoms with Gasteiger partial charge in [-0.1, -0.05) is 13.8 Å². The SMILES string of the molecule is CC(C)[C@@H](NC(=O)c1ccc2c(c1)CCCN2)C(=O)O. The van der Waals surface area contributed by atoms with Crippen LogP contribution in [0.3, 0.4) is 0 Å². The Kier molecular flexibility index (Phi) is 4.27. The Hall–Kier alpha value is -2.04. The monoisotopic (exact) mass is 276 g/mol. The highest BCUT2D eigenvalue weighted by Gasteiger charge is 2.24. The largest absolute Gasteiger partial charge is 0.480 e. The number of rotatable bonds is 4. The van der Waals surface area contributed by atoms with Crippen molar-refractivity contribution in [2.45, 2.75) is 32.7 Å².